The second-order valence-corrected chi connectivity index (χ2v) is 2.86. The minimum Gasteiger partial charge on any atom is -0.472 e. The third kappa shape index (κ3) is 2.06. The van der Waals surface area contributed by atoms with Gasteiger partial charge in [-0.3, -0.25) is 0 Å². The van der Waals surface area contributed by atoms with Crippen LogP contribution in [0.2, 0.25) is 0 Å². The summed E-state index contributed by atoms with van der Waals surface area (Å²) in [4.78, 5) is 7.70. The predicted molar refractivity (Wildman–Crippen MR) is 46.3 cm³/mol. The third-order valence-corrected chi connectivity index (χ3v) is 1.82. The van der Waals surface area contributed by atoms with E-state index in [9.17, 15) is 0 Å². The molecule has 1 fully saturated rings. The number of hydrogen-bond acceptors (Lipinski definition) is 5. The second-order valence-electron chi connectivity index (χ2n) is 2.86. The molecular formula is C8H11N3O2. The summed E-state index contributed by atoms with van der Waals surface area (Å²) in [6, 6.07) is 1.69. The number of nitrogens with two attached hydrogens (primary N) is 1. The van der Waals surface area contributed by atoms with Gasteiger partial charge in [-0.05, 0) is 0 Å². The molecule has 1 aliphatic rings. The maximum absolute atomic E-state index is 5.50. The van der Waals surface area contributed by atoms with E-state index >= 15 is 0 Å². The summed E-state index contributed by atoms with van der Waals surface area (Å²) in [6.07, 6.45) is 2.59. The summed E-state index contributed by atoms with van der Waals surface area (Å²) in [5.41, 5.74) is 5.40. The van der Waals surface area contributed by atoms with Gasteiger partial charge in [0.1, 0.15) is 6.10 Å². The second kappa shape index (κ2) is 3.57. The molecule has 2 rings (SSSR count). The zero-order valence-corrected chi connectivity index (χ0v) is 7.14. The first-order valence-corrected chi connectivity index (χ1v) is 4.17. The van der Waals surface area contributed by atoms with Gasteiger partial charge in [-0.25, -0.2) is 4.98 Å². The topological polar surface area (TPSA) is 70.3 Å². The first-order chi connectivity index (χ1) is 6.34. The van der Waals surface area contributed by atoms with Crippen molar-refractivity contribution in [1.29, 1.82) is 0 Å². The number of nitrogen functional groups attached to an aromatic ring is 1. The monoisotopic (exact) mass is 181 g/mol. The lowest BCUT2D eigenvalue weighted by atomic mass is 10.3. The summed E-state index contributed by atoms with van der Waals surface area (Å²) >= 11 is 0. The van der Waals surface area contributed by atoms with Gasteiger partial charge in [-0.2, -0.15) is 4.98 Å². The Morgan fingerprint density at radius 1 is 1.62 bits per heavy atom. The predicted octanol–water partition coefficient (Wildman–Crippen LogP) is 0.226. The van der Waals surface area contributed by atoms with Crippen molar-refractivity contribution in [3.8, 4) is 5.88 Å². The standard InChI is InChI=1S/C8H11N3O2/c9-8-10-3-1-7(11-8)13-6-2-4-12-5-6/h1,3,6H,2,4-5H2,(H2,9,10,11)/t6-/m0/s1. The molecule has 0 saturated carbocycles. The zero-order valence-electron chi connectivity index (χ0n) is 7.14. The van der Waals surface area contributed by atoms with E-state index in [2.05, 4.69) is 9.97 Å². The molecule has 2 N–H and O–H groups in total. The Bertz CT molecular complexity index is 286. The Balaban J connectivity index is 2.00. The highest BCUT2D eigenvalue weighted by molar-refractivity contribution is 5.20. The summed E-state index contributed by atoms with van der Waals surface area (Å²) in [5, 5.41) is 0. The molecular weight excluding hydrogens is 170 g/mol. The van der Waals surface area contributed by atoms with E-state index in [1.807, 2.05) is 0 Å². The molecule has 0 spiro atoms. The van der Waals surface area contributed by atoms with Crippen molar-refractivity contribution in [3.63, 3.8) is 0 Å². The first kappa shape index (κ1) is 8.25. The van der Waals surface area contributed by atoms with Crippen LogP contribution in [0.15, 0.2) is 12.3 Å². The molecule has 1 aromatic rings. The fraction of sp³-hybridized carbons (Fsp3) is 0.500. The molecule has 0 aromatic carbocycles. The quantitative estimate of drug-likeness (QED) is 0.707. The van der Waals surface area contributed by atoms with Crippen LogP contribution in [-0.2, 0) is 4.74 Å². The van der Waals surface area contributed by atoms with Gasteiger partial charge in [-0.1, -0.05) is 0 Å². The fourth-order valence-electron chi connectivity index (χ4n) is 1.20. The lowest BCUT2D eigenvalue weighted by Crippen LogP contribution is -2.16. The van der Waals surface area contributed by atoms with Crippen molar-refractivity contribution in [2.75, 3.05) is 18.9 Å². The van der Waals surface area contributed by atoms with Gasteiger partial charge in [-0.15, -0.1) is 0 Å². The van der Waals surface area contributed by atoms with Crippen molar-refractivity contribution in [1.82, 2.24) is 9.97 Å². The first-order valence-electron chi connectivity index (χ1n) is 4.17. The molecule has 1 aliphatic heterocycles. The largest absolute Gasteiger partial charge is 0.472 e. The Kier molecular flexibility index (Phi) is 2.27. The van der Waals surface area contributed by atoms with Gasteiger partial charge in [0.2, 0.25) is 11.8 Å². The van der Waals surface area contributed by atoms with Gasteiger partial charge in [0, 0.05) is 18.7 Å². The minimum absolute atomic E-state index is 0.106. The number of rotatable bonds is 2. The highest BCUT2D eigenvalue weighted by atomic mass is 16.5. The van der Waals surface area contributed by atoms with Crippen LogP contribution >= 0.6 is 0 Å². The Morgan fingerprint density at radius 3 is 3.23 bits per heavy atom. The highest BCUT2D eigenvalue weighted by Gasteiger charge is 2.17. The van der Waals surface area contributed by atoms with Gasteiger partial charge in [0.15, 0.2) is 0 Å². The molecule has 70 valence electrons. The molecule has 0 amide bonds. The van der Waals surface area contributed by atoms with E-state index in [0.717, 1.165) is 13.0 Å². The molecule has 1 atom stereocenters. The van der Waals surface area contributed by atoms with Crippen LogP contribution in [0.4, 0.5) is 5.95 Å². The van der Waals surface area contributed by atoms with Gasteiger partial charge in [0.05, 0.1) is 13.2 Å². The van der Waals surface area contributed by atoms with Crippen molar-refractivity contribution in [2.24, 2.45) is 0 Å². The summed E-state index contributed by atoms with van der Waals surface area (Å²) in [7, 11) is 0. The average Bonchev–Trinajstić information content (AvgIpc) is 2.57. The van der Waals surface area contributed by atoms with Crippen molar-refractivity contribution in [2.45, 2.75) is 12.5 Å². The van der Waals surface area contributed by atoms with Crippen LogP contribution < -0.4 is 10.5 Å². The molecule has 5 heteroatoms. The number of anilines is 1. The van der Waals surface area contributed by atoms with E-state index in [1.54, 1.807) is 12.3 Å². The van der Waals surface area contributed by atoms with Crippen molar-refractivity contribution < 1.29 is 9.47 Å². The molecule has 0 unspecified atom stereocenters. The average molecular weight is 181 g/mol. The summed E-state index contributed by atoms with van der Waals surface area (Å²) < 4.78 is 10.7. The van der Waals surface area contributed by atoms with Crippen LogP contribution in [0, 0.1) is 0 Å². The van der Waals surface area contributed by atoms with E-state index in [4.69, 9.17) is 15.2 Å². The number of ether oxygens (including phenoxy) is 2. The van der Waals surface area contributed by atoms with Crippen LogP contribution in [0.5, 0.6) is 5.88 Å². The van der Waals surface area contributed by atoms with Crippen molar-refractivity contribution in [3.05, 3.63) is 12.3 Å². The van der Waals surface area contributed by atoms with Gasteiger partial charge >= 0.3 is 0 Å². The molecule has 0 radical (unpaired) electrons. The normalized spacial score (nSPS) is 21.7. The van der Waals surface area contributed by atoms with Crippen LogP contribution in [0.25, 0.3) is 0 Å². The third-order valence-electron chi connectivity index (χ3n) is 1.82. The smallest absolute Gasteiger partial charge is 0.223 e. The molecule has 2 heterocycles. The molecule has 13 heavy (non-hydrogen) atoms. The Morgan fingerprint density at radius 2 is 2.54 bits per heavy atom. The highest BCUT2D eigenvalue weighted by Crippen LogP contribution is 2.13. The lowest BCUT2D eigenvalue weighted by molar-refractivity contribution is 0.138. The summed E-state index contributed by atoms with van der Waals surface area (Å²) in [5.74, 6) is 0.749. The summed E-state index contributed by atoms with van der Waals surface area (Å²) in [6.45, 7) is 1.38. The Labute approximate surface area is 75.9 Å². The van der Waals surface area contributed by atoms with E-state index in [0.29, 0.717) is 12.5 Å². The number of aromatic nitrogens is 2. The molecule has 1 aromatic heterocycles. The number of hydrogen-bond donors (Lipinski definition) is 1. The minimum atomic E-state index is 0.106. The number of nitrogens with zero attached hydrogens (tertiary/aromatic N) is 2. The van der Waals surface area contributed by atoms with Crippen LogP contribution in [-0.4, -0.2) is 29.3 Å². The maximum Gasteiger partial charge on any atom is 0.223 e. The van der Waals surface area contributed by atoms with E-state index in [1.165, 1.54) is 0 Å². The molecule has 5 nitrogen and oxygen atoms in total. The van der Waals surface area contributed by atoms with Crippen LogP contribution in [0.1, 0.15) is 6.42 Å². The van der Waals surface area contributed by atoms with E-state index in [-0.39, 0.29) is 12.1 Å². The van der Waals surface area contributed by atoms with Crippen LogP contribution in [0.3, 0.4) is 0 Å². The Hall–Kier alpha value is -1.36. The van der Waals surface area contributed by atoms with Gasteiger partial charge < -0.3 is 15.2 Å². The maximum atomic E-state index is 5.50. The SMILES string of the molecule is Nc1nccc(O[C@H]2CCOC2)n1. The fourth-order valence-corrected chi connectivity index (χ4v) is 1.20. The van der Waals surface area contributed by atoms with Gasteiger partial charge in [0.25, 0.3) is 0 Å². The zero-order chi connectivity index (χ0) is 9.10. The van der Waals surface area contributed by atoms with E-state index < -0.39 is 0 Å². The molecule has 0 bridgehead atoms. The molecule has 1 saturated heterocycles. The lowest BCUT2D eigenvalue weighted by Gasteiger charge is -2.09. The van der Waals surface area contributed by atoms with Crippen molar-refractivity contribution >= 4 is 5.95 Å². The molecule has 0 aliphatic carbocycles.